The minimum atomic E-state index is -0.0952. The molecule has 3 heterocycles. The topological polar surface area (TPSA) is 33.5 Å². The van der Waals surface area contributed by atoms with Gasteiger partial charge < -0.3 is 19.1 Å². The number of aromatic nitrogens is 2. The van der Waals surface area contributed by atoms with E-state index < -0.39 is 0 Å². The van der Waals surface area contributed by atoms with E-state index in [-0.39, 0.29) is 31.9 Å². The van der Waals surface area contributed by atoms with Gasteiger partial charge >= 0.3 is 0 Å². The Balaban J connectivity index is 0.00000484. The molecule has 6 heteroatoms. The van der Waals surface area contributed by atoms with Crippen LogP contribution in [0.25, 0.3) is 38.8 Å². The van der Waals surface area contributed by atoms with E-state index in [2.05, 4.69) is 216 Å². The second-order valence-electron chi connectivity index (χ2n) is 17.7. The average molecular weight is 953 g/mol. The molecule has 2 aromatic heterocycles. The molecule has 1 aliphatic heterocycles. The number of ether oxygens (including phenoxy) is 1. The fourth-order valence-electron chi connectivity index (χ4n) is 8.25. The third-order valence-corrected chi connectivity index (χ3v) is 11.2. The number of nitrogens with zero attached hydrogens (tertiary/aromatic N) is 4. The number of anilines is 4. The first-order valence-electron chi connectivity index (χ1n) is 20.2. The largest absolute Gasteiger partial charge is 0.509 e. The Hall–Kier alpha value is -5.64. The first-order valence-corrected chi connectivity index (χ1v) is 20.2. The summed E-state index contributed by atoms with van der Waals surface area (Å²) in [5.74, 6) is 2.38. The molecule has 0 saturated carbocycles. The first-order chi connectivity index (χ1) is 27.8. The van der Waals surface area contributed by atoms with E-state index in [0.717, 1.165) is 55.9 Å². The maximum Gasteiger partial charge on any atom is 0.135 e. The van der Waals surface area contributed by atoms with Crippen molar-refractivity contribution in [1.29, 1.82) is 0 Å². The van der Waals surface area contributed by atoms with E-state index in [1.54, 1.807) is 0 Å². The van der Waals surface area contributed by atoms with Crippen LogP contribution in [0.15, 0.2) is 140 Å². The van der Waals surface area contributed by atoms with Crippen LogP contribution >= 0.6 is 0 Å². The van der Waals surface area contributed by atoms with Gasteiger partial charge in [-0.15, -0.1) is 53.6 Å². The summed E-state index contributed by atoms with van der Waals surface area (Å²) in [6, 6.07) is 54.5. The van der Waals surface area contributed by atoms with Gasteiger partial charge in [-0.2, -0.15) is 6.07 Å². The number of pyridine rings is 1. The van der Waals surface area contributed by atoms with Gasteiger partial charge in [0.1, 0.15) is 5.82 Å². The minimum Gasteiger partial charge on any atom is -0.509 e. The summed E-state index contributed by atoms with van der Waals surface area (Å²) < 4.78 is 9.15. The molecule has 0 unspecified atom stereocenters. The zero-order valence-corrected chi connectivity index (χ0v) is 37.2. The molecule has 0 atom stereocenters. The van der Waals surface area contributed by atoms with Crippen LogP contribution in [0, 0.1) is 18.8 Å². The predicted octanol–water partition coefficient (Wildman–Crippen LogP) is 14.4. The Kier molecular flexibility index (Phi) is 10.6. The maximum absolute atomic E-state index is 6.94. The number of hydrogen-bond donors (Lipinski definition) is 0. The van der Waals surface area contributed by atoms with Crippen molar-refractivity contribution in [2.75, 3.05) is 9.80 Å². The molecule has 9 rings (SSSR count). The molecular weight excluding hydrogens is 904 g/mol. The molecule has 0 bridgehead atoms. The fourth-order valence-corrected chi connectivity index (χ4v) is 8.25. The predicted molar refractivity (Wildman–Crippen MR) is 241 cm³/mol. The monoisotopic (exact) mass is 952 g/mol. The quantitative estimate of drug-likeness (QED) is 0.149. The number of benzene rings is 6. The standard InChI is InChI=1S/C53H49N4O.Pt/c1-35(2)42-20-16-21-45(53(6,7)8)51(42)36-29-39(56-34-55(38-17-10-9-11-18-38)47-23-14-15-24-48(47)56)32-41(30-36)58-40-25-26-44-43-19-12-13-22-46(43)57(49(44)33-40)50-31-37(27-28-54-50)52(3,4)5;/h9-31,34-35H,1-8H3;/q-3;. The number of para-hydroxylation sites is 4. The van der Waals surface area contributed by atoms with E-state index >= 15 is 0 Å². The number of rotatable bonds is 7. The van der Waals surface area contributed by atoms with Crippen molar-refractivity contribution in [2.45, 2.75) is 72.1 Å². The minimum absolute atomic E-state index is 0. The van der Waals surface area contributed by atoms with Crippen LogP contribution in [-0.2, 0) is 31.9 Å². The van der Waals surface area contributed by atoms with E-state index in [4.69, 9.17) is 9.72 Å². The van der Waals surface area contributed by atoms with Crippen LogP contribution in [0.1, 0.15) is 78.0 Å². The summed E-state index contributed by atoms with van der Waals surface area (Å²) >= 11 is 0. The number of fused-ring (bicyclic) bond motifs is 4. The Morgan fingerprint density at radius 3 is 2.08 bits per heavy atom. The van der Waals surface area contributed by atoms with Gasteiger partial charge in [-0.1, -0.05) is 128 Å². The third-order valence-electron chi connectivity index (χ3n) is 11.2. The second-order valence-corrected chi connectivity index (χ2v) is 17.7. The zero-order chi connectivity index (χ0) is 40.3. The molecular formula is C53H49N4OPt-3. The Morgan fingerprint density at radius 1 is 0.644 bits per heavy atom. The molecule has 6 aromatic carbocycles. The summed E-state index contributed by atoms with van der Waals surface area (Å²) in [7, 11) is 0. The van der Waals surface area contributed by atoms with Crippen molar-refractivity contribution in [2.24, 2.45) is 0 Å². The molecule has 0 N–H and O–H groups in total. The zero-order valence-electron chi connectivity index (χ0n) is 34.9. The molecule has 8 aromatic rings. The van der Waals surface area contributed by atoms with Gasteiger partial charge in [-0.3, -0.25) is 0 Å². The molecule has 5 nitrogen and oxygen atoms in total. The first kappa shape index (κ1) is 40.2. The molecule has 0 fully saturated rings. The molecule has 0 aliphatic carbocycles. The van der Waals surface area contributed by atoms with E-state index in [0.29, 0.717) is 17.4 Å². The summed E-state index contributed by atoms with van der Waals surface area (Å²) in [5, 5.41) is 2.24. The van der Waals surface area contributed by atoms with Crippen LogP contribution in [0.5, 0.6) is 11.5 Å². The maximum atomic E-state index is 6.94. The Bertz CT molecular complexity index is 2810. The van der Waals surface area contributed by atoms with Gasteiger partial charge in [0.2, 0.25) is 0 Å². The molecule has 0 radical (unpaired) electrons. The van der Waals surface area contributed by atoms with Crippen LogP contribution in [0.3, 0.4) is 0 Å². The summed E-state index contributed by atoms with van der Waals surface area (Å²) in [5.41, 5.74) is 12.1. The van der Waals surface area contributed by atoms with Crippen LogP contribution < -0.4 is 14.5 Å². The van der Waals surface area contributed by atoms with E-state index in [1.807, 2.05) is 12.3 Å². The van der Waals surface area contributed by atoms with Gasteiger partial charge in [-0.05, 0) is 86.9 Å². The molecule has 1 aliphatic rings. The van der Waals surface area contributed by atoms with Gasteiger partial charge in [0.05, 0.1) is 0 Å². The van der Waals surface area contributed by atoms with Crippen LogP contribution in [-0.4, -0.2) is 9.55 Å². The third kappa shape index (κ3) is 7.47. The summed E-state index contributed by atoms with van der Waals surface area (Å²) in [4.78, 5) is 9.36. The average Bonchev–Trinajstić information content (AvgIpc) is 3.76. The molecule has 0 saturated heterocycles. The Labute approximate surface area is 363 Å². The van der Waals surface area contributed by atoms with Gasteiger partial charge in [0, 0.05) is 61.3 Å². The fraction of sp³-hybridized carbons (Fsp3) is 0.208. The SMILES string of the molecule is CC(C)c1cccc(C(C)(C)C)c1-c1cc(Oc2[c-]c3c(cc2)c2ccccc2n3-c2cc(C(C)(C)C)ccn2)[c-]c(N2[CH-]N(c3ccccc3)c3ccccc32)c1.[Pt]. The van der Waals surface area contributed by atoms with E-state index in [1.165, 1.54) is 22.3 Å². The molecule has 300 valence electrons. The van der Waals surface area contributed by atoms with Gasteiger partial charge in [0.15, 0.2) is 0 Å². The summed E-state index contributed by atoms with van der Waals surface area (Å²) in [6.07, 6.45) is 1.91. The van der Waals surface area contributed by atoms with Crippen molar-refractivity contribution in [3.63, 3.8) is 0 Å². The Morgan fingerprint density at radius 2 is 1.36 bits per heavy atom. The van der Waals surface area contributed by atoms with Crippen molar-refractivity contribution >= 4 is 44.6 Å². The van der Waals surface area contributed by atoms with Gasteiger partial charge in [-0.25, -0.2) is 4.98 Å². The van der Waals surface area contributed by atoms with Crippen molar-refractivity contribution in [3.8, 4) is 28.4 Å². The normalized spacial score (nSPS) is 13.0. The number of hydrogen-bond acceptors (Lipinski definition) is 4. The second kappa shape index (κ2) is 15.5. The van der Waals surface area contributed by atoms with Crippen LogP contribution in [0.2, 0.25) is 0 Å². The molecule has 0 spiro atoms. The summed E-state index contributed by atoms with van der Waals surface area (Å²) in [6.45, 7) is 20.3. The molecule has 0 amide bonds. The van der Waals surface area contributed by atoms with E-state index in [9.17, 15) is 0 Å². The van der Waals surface area contributed by atoms with Crippen molar-refractivity contribution in [1.82, 2.24) is 9.55 Å². The van der Waals surface area contributed by atoms with Crippen molar-refractivity contribution in [3.05, 3.63) is 175 Å². The van der Waals surface area contributed by atoms with Gasteiger partial charge in [0.25, 0.3) is 0 Å². The van der Waals surface area contributed by atoms with Crippen molar-refractivity contribution < 1.29 is 25.8 Å². The smallest absolute Gasteiger partial charge is 0.135 e. The van der Waals surface area contributed by atoms with Crippen LogP contribution in [0.4, 0.5) is 22.7 Å². The molecule has 59 heavy (non-hydrogen) atoms.